The molecule has 1 aromatic heterocycles. The van der Waals surface area contributed by atoms with Crippen LogP contribution in [0.2, 0.25) is 0 Å². The van der Waals surface area contributed by atoms with Crippen molar-refractivity contribution < 1.29 is 32.3 Å². The summed E-state index contributed by atoms with van der Waals surface area (Å²) >= 11 is 0. The number of hydrogen-bond acceptors (Lipinski definition) is 5. The average molecular weight is 542 g/mol. The summed E-state index contributed by atoms with van der Waals surface area (Å²) in [4.78, 5) is 62.6. The SMILES string of the molecule is CCCN(NC(=O)C(=O)CC(=O)c1cc(Cc2ccc(F)cc2F)cn(Cc2ccc(F)cc2)c1=O)C(C)=O. The zero-order valence-corrected chi connectivity index (χ0v) is 21.3. The first kappa shape index (κ1) is 29.0. The Morgan fingerprint density at radius 2 is 1.59 bits per heavy atom. The van der Waals surface area contributed by atoms with E-state index in [2.05, 4.69) is 5.43 Å². The predicted molar refractivity (Wildman–Crippen MR) is 135 cm³/mol. The first-order valence-electron chi connectivity index (χ1n) is 12.0. The van der Waals surface area contributed by atoms with Crippen molar-refractivity contribution >= 4 is 23.4 Å². The van der Waals surface area contributed by atoms with Gasteiger partial charge in [0.15, 0.2) is 5.78 Å². The number of rotatable bonds is 10. The minimum atomic E-state index is -1.19. The number of carbonyl (C=O) groups excluding carboxylic acids is 4. The molecule has 2 aromatic carbocycles. The van der Waals surface area contributed by atoms with E-state index in [1.54, 1.807) is 6.92 Å². The molecule has 0 aliphatic rings. The molecule has 0 unspecified atom stereocenters. The number of amides is 2. The highest BCUT2D eigenvalue weighted by Crippen LogP contribution is 2.16. The van der Waals surface area contributed by atoms with Crippen LogP contribution in [0.5, 0.6) is 0 Å². The van der Waals surface area contributed by atoms with Gasteiger partial charge in [0.1, 0.15) is 17.5 Å². The van der Waals surface area contributed by atoms with Gasteiger partial charge in [0.2, 0.25) is 11.7 Å². The fourth-order valence-corrected chi connectivity index (χ4v) is 3.81. The summed E-state index contributed by atoms with van der Waals surface area (Å²) in [6.07, 6.45) is 0.816. The summed E-state index contributed by atoms with van der Waals surface area (Å²) in [5.41, 5.74) is 1.87. The van der Waals surface area contributed by atoms with Crippen LogP contribution >= 0.6 is 0 Å². The minimum Gasteiger partial charge on any atom is -0.310 e. The Morgan fingerprint density at radius 1 is 0.923 bits per heavy atom. The lowest BCUT2D eigenvalue weighted by Gasteiger charge is -2.20. The van der Waals surface area contributed by atoms with Gasteiger partial charge in [0.25, 0.3) is 5.56 Å². The fraction of sp³-hybridized carbons (Fsp3) is 0.250. The van der Waals surface area contributed by atoms with E-state index in [1.807, 2.05) is 0 Å². The number of carbonyl (C=O) groups is 4. The molecule has 0 atom stereocenters. The number of ketones is 2. The zero-order valence-electron chi connectivity index (χ0n) is 21.3. The first-order valence-corrected chi connectivity index (χ1v) is 12.0. The van der Waals surface area contributed by atoms with Crippen molar-refractivity contribution in [2.24, 2.45) is 0 Å². The third kappa shape index (κ3) is 7.73. The van der Waals surface area contributed by atoms with E-state index < -0.39 is 58.4 Å². The second-order valence-corrected chi connectivity index (χ2v) is 8.87. The number of halogens is 3. The standard InChI is InChI=1S/C28H26F3N3O5/c1-3-10-34(17(2)35)32-27(38)26(37)14-25(36)23-12-19(11-20-6-9-22(30)13-24(20)31)16-33(28(23)39)15-18-4-7-21(29)8-5-18/h4-9,12-13,16H,3,10-11,14-15H2,1-2H3,(H,32,38). The van der Waals surface area contributed by atoms with Gasteiger partial charge < -0.3 is 4.57 Å². The number of nitrogens with zero attached hydrogens (tertiary/aromatic N) is 2. The number of nitrogens with one attached hydrogen (secondary N) is 1. The molecule has 39 heavy (non-hydrogen) atoms. The van der Waals surface area contributed by atoms with E-state index in [1.165, 1.54) is 49.5 Å². The van der Waals surface area contributed by atoms with Crippen LogP contribution in [-0.2, 0) is 27.3 Å². The highest BCUT2D eigenvalue weighted by molar-refractivity contribution is 6.40. The summed E-state index contributed by atoms with van der Waals surface area (Å²) in [5, 5.41) is 0.943. The maximum atomic E-state index is 14.3. The summed E-state index contributed by atoms with van der Waals surface area (Å²) in [6, 6.07) is 9.48. The molecule has 0 bridgehead atoms. The monoisotopic (exact) mass is 541 g/mol. The smallest absolute Gasteiger partial charge is 0.306 e. The van der Waals surface area contributed by atoms with Crippen LogP contribution in [0.4, 0.5) is 13.2 Å². The van der Waals surface area contributed by atoms with Crippen molar-refractivity contribution in [1.29, 1.82) is 0 Å². The summed E-state index contributed by atoms with van der Waals surface area (Å²) in [5.74, 6) is -5.90. The number of aromatic nitrogens is 1. The van der Waals surface area contributed by atoms with Crippen molar-refractivity contribution in [1.82, 2.24) is 15.0 Å². The molecule has 0 fully saturated rings. The second-order valence-electron chi connectivity index (χ2n) is 8.87. The molecule has 0 spiro atoms. The van der Waals surface area contributed by atoms with Crippen LogP contribution in [0.3, 0.4) is 0 Å². The van der Waals surface area contributed by atoms with E-state index in [9.17, 15) is 37.1 Å². The van der Waals surface area contributed by atoms with Crippen LogP contribution in [0, 0.1) is 17.5 Å². The van der Waals surface area contributed by atoms with Gasteiger partial charge in [-0.15, -0.1) is 0 Å². The van der Waals surface area contributed by atoms with Crippen LogP contribution in [0.1, 0.15) is 53.7 Å². The van der Waals surface area contributed by atoms with Gasteiger partial charge >= 0.3 is 5.91 Å². The Labute approximate surface area is 222 Å². The fourth-order valence-electron chi connectivity index (χ4n) is 3.81. The molecule has 3 aromatic rings. The normalized spacial score (nSPS) is 10.7. The molecule has 0 saturated carbocycles. The highest BCUT2D eigenvalue weighted by Gasteiger charge is 2.24. The quantitative estimate of drug-likeness (QED) is 0.184. The lowest BCUT2D eigenvalue weighted by Crippen LogP contribution is -2.48. The van der Waals surface area contributed by atoms with Gasteiger partial charge in [-0.2, -0.15) is 0 Å². The molecule has 0 aliphatic carbocycles. The number of pyridine rings is 1. The van der Waals surface area contributed by atoms with Crippen molar-refractivity contribution in [3.63, 3.8) is 0 Å². The highest BCUT2D eigenvalue weighted by atomic mass is 19.1. The summed E-state index contributed by atoms with van der Waals surface area (Å²) in [6.45, 7) is 3.04. The largest absolute Gasteiger partial charge is 0.310 e. The van der Waals surface area contributed by atoms with Gasteiger partial charge in [-0.1, -0.05) is 25.1 Å². The van der Waals surface area contributed by atoms with Crippen molar-refractivity contribution in [3.8, 4) is 0 Å². The molecule has 0 saturated heterocycles. The number of benzene rings is 2. The third-order valence-electron chi connectivity index (χ3n) is 5.76. The summed E-state index contributed by atoms with van der Waals surface area (Å²) < 4.78 is 42.2. The Morgan fingerprint density at radius 3 is 2.21 bits per heavy atom. The van der Waals surface area contributed by atoms with Gasteiger partial charge in [0.05, 0.1) is 18.5 Å². The molecular formula is C28H26F3N3O5. The van der Waals surface area contributed by atoms with Gasteiger partial charge in [-0.05, 0) is 47.4 Å². The van der Waals surface area contributed by atoms with E-state index >= 15 is 0 Å². The number of Topliss-reactive ketones (excluding diaryl/α,β-unsaturated/α-hetero) is 2. The van der Waals surface area contributed by atoms with Gasteiger partial charge in [-0.3, -0.25) is 34.4 Å². The van der Waals surface area contributed by atoms with E-state index in [4.69, 9.17) is 0 Å². The molecule has 11 heteroatoms. The molecule has 2 amide bonds. The van der Waals surface area contributed by atoms with Gasteiger partial charge in [0, 0.05) is 32.2 Å². The van der Waals surface area contributed by atoms with Crippen LogP contribution in [0.15, 0.2) is 59.5 Å². The van der Waals surface area contributed by atoms with Crippen LogP contribution in [0.25, 0.3) is 0 Å². The van der Waals surface area contributed by atoms with Crippen molar-refractivity contribution in [3.05, 3.63) is 105 Å². The third-order valence-corrected chi connectivity index (χ3v) is 5.76. The predicted octanol–water partition coefficient (Wildman–Crippen LogP) is 3.34. The molecular weight excluding hydrogens is 515 g/mol. The number of hydrogen-bond donors (Lipinski definition) is 1. The van der Waals surface area contributed by atoms with Crippen molar-refractivity contribution in [2.45, 2.75) is 39.7 Å². The molecule has 0 aliphatic heterocycles. The van der Waals surface area contributed by atoms with E-state index in [0.717, 1.165) is 15.6 Å². The summed E-state index contributed by atoms with van der Waals surface area (Å²) in [7, 11) is 0. The molecule has 1 N–H and O–H groups in total. The average Bonchev–Trinajstić information content (AvgIpc) is 2.88. The van der Waals surface area contributed by atoms with E-state index in [-0.39, 0.29) is 25.1 Å². The topological polar surface area (TPSA) is 106 Å². The lowest BCUT2D eigenvalue weighted by molar-refractivity contribution is -0.145. The maximum Gasteiger partial charge on any atom is 0.306 e. The maximum absolute atomic E-state index is 14.3. The Bertz CT molecular complexity index is 1470. The van der Waals surface area contributed by atoms with Crippen LogP contribution in [-0.4, -0.2) is 39.5 Å². The zero-order chi connectivity index (χ0) is 28.7. The van der Waals surface area contributed by atoms with Gasteiger partial charge in [-0.25, -0.2) is 13.2 Å². The van der Waals surface area contributed by atoms with Crippen LogP contribution < -0.4 is 11.0 Å². The lowest BCUT2D eigenvalue weighted by atomic mass is 10.0. The Kier molecular flexibility index (Phi) is 9.53. The number of hydrazine groups is 1. The first-order chi connectivity index (χ1) is 18.5. The minimum absolute atomic E-state index is 0.0713. The molecule has 8 nitrogen and oxygen atoms in total. The van der Waals surface area contributed by atoms with E-state index in [0.29, 0.717) is 23.6 Å². The second kappa shape index (κ2) is 12.8. The Hall–Kier alpha value is -4.54. The Balaban J connectivity index is 1.93. The molecule has 204 valence electrons. The molecule has 1 heterocycles. The van der Waals surface area contributed by atoms with Crippen molar-refractivity contribution in [2.75, 3.05) is 6.54 Å². The molecule has 0 radical (unpaired) electrons. The molecule has 3 rings (SSSR count).